The van der Waals surface area contributed by atoms with E-state index in [0.717, 1.165) is 11.6 Å². The van der Waals surface area contributed by atoms with Crippen LogP contribution in [0.1, 0.15) is 31.2 Å². The Hall–Kier alpha value is -2.56. The standard InChI is InChI=1S/C20H16F3NO/c1-10(25)12-6-13(7-12)18-16-8-15(22)9-17(23)20(16)24-19(18)11-2-4-14(21)5-3-11/h2-5,8-9,12-13,24H,6-7H2,1H3. The highest BCUT2D eigenvalue weighted by molar-refractivity contribution is 5.92. The number of hydrogen-bond acceptors (Lipinski definition) is 1. The van der Waals surface area contributed by atoms with Crippen molar-refractivity contribution in [3.8, 4) is 11.3 Å². The number of carbonyl (C=O) groups is 1. The Morgan fingerprint density at radius 3 is 2.36 bits per heavy atom. The highest BCUT2D eigenvalue weighted by Gasteiger charge is 2.36. The number of nitrogens with one attached hydrogen (secondary N) is 1. The lowest BCUT2D eigenvalue weighted by Crippen LogP contribution is -2.27. The maximum atomic E-state index is 14.2. The molecule has 25 heavy (non-hydrogen) atoms. The van der Waals surface area contributed by atoms with Crippen molar-refractivity contribution in [3.63, 3.8) is 0 Å². The minimum Gasteiger partial charge on any atom is -0.352 e. The van der Waals surface area contributed by atoms with Gasteiger partial charge in [-0.3, -0.25) is 4.79 Å². The summed E-state index contributed by atoms with van der Waals surface area (Å²) in [6.07, 6.45) is 1.32. The molecule has 1 N–H and O–H groups in total. The van der Waals surface area contributed by atoms with Crippen molar-refractivity contribution in [3.05, 3.63) is 59.4 Å². The van der Waals surface area contributed by atoms with E-state index >= 15 is 0 Å². The van der Waals surface area contributed by atoms with Crippen LogP contribution < -0.4 is 0 Å². The number of ketones is 1. The van der Waals surface area contributed by atoms with Gasteiger partial charge in [-0.2, -0.15) is 0 Å². The highest BCUT2D eigenvalue weighted by Crippen LogP contribution is 2.48. The van der Waals surface area contributed by atoms with Crippen LogP contribution >= 0.6 is 0 Å². The number of rotatable bonds is 3. The van der Waals surface area contributed by atoms with Gasteiger partial charge < -0.3 is 4.98 Å². The summed E-state index contributed by atoms with van der Waals surface area (Å²) in [7, 11) is 0. The third-order valence-corrected chi connectivity index (χ3v) is 5.12. The molecule has 1 aliphatic rings. The van der Waals surface area contributed by atoms with E-state index in [0.29, 0.717) is 29.5 Å². The van der Waals surface area contributed by atoms with Crippen LogP contribution in [0.5, 0.6) is 0 Å². The SMILES string of the molecule is CC(=O)C1CC(c2c(-c3ccc(F)cc3)[nH]c3c(F)cc(F)cc23)C1. The molecular formula is C20H16F3NO. The van der Waals surface area contributed by atoms with Gasteiger partial charge in [-0.15, -0.1) is 0 Å². The molecule has 2 nitrogen and oxygen atoms in total. The Morgan fingerprint density at radius 2 is 1.72 bits per heavy atom. The average molecular weight is 343 g/mol. The van der Waals surface area contributed by atoms with Crippen LogP contribution in [0, 0.1) is 23.4 Å². The Morgan fingerprint density at radius 1 is 1.04 bits per heavy atom. The summed E-state index contributed by atoms with van der Waals surface area (Å²) in [4.78, 5) is 14.6. The summed E-state index contributed by atoms with van der Waals surface area (Å²) in [5.74, 6) is -1.49. The van der Waals surface area contributed by atoms with Crippen molar-refractivity contribution in [1.29, 1.82) is 0 Å². The molecule has 0 radical (unpaired) electrons. The largest absolute Gasteiger partial charge is 0.352 e. The lowest BCUT2D eigenvalue weighted by atomic mass is 9.69. The van der Waals surface area contributed by atoms with Crippen LogP contribution in [-0.2, 0) is 4.79 Å². The van der Waals surface area contributed by atoms with Crippen LogP contribution in [0.15, 0.2) is 36.4 Å². The van der Waals surface area contributed by atoms with Crippen LogP contribution in [0.2, 0.25) is 0 Å². The van der Waals surface area contributed by atoms with Gasteiger partial charge in [0.25, 0.3) is 0 Å². The first-order valence-corrected chi connectivity index (χ1v) is 8.21. The second kappa shape index (κ2) is 5.76. The summed E-state index contributed by atoms with van der Waals surface area (Å²) in [5, 5.41) is 0.490. The molecule has 5 heteroatoms. The second-order valence-corrected chi connectivity index (χ2v) is 6.71. The number of H-pyrrole nitrogens is 1. The van der Waals surface area contributed by atoms with Gasteiger partial charge in [0.05, 0.1) is 11.2 Å². The van der Waals surface area contributed by atoms with Gasteiger partial charge in [-0.25, -0.2) is 13.2 Å². The normalized spacial score (nSPS) is 19.8. The summed E-state index contributed by atoms with van der Waals surface area (Å²) in [6.45, 7) is 1.57. The smallest absolute Gasteiger partial charge is 0.150 e. The molecule has 0 unspecified atom stereocenters. The predicted molar refractivity (Wildman–Crippen MR) is 89.8 cm³/mol. The zero-order valence-electron chi connectivity index (χ0n) is 13.6. The quantitative estimate of drug-likeness (QED) is 0.684. The molecule has 4 rings (SSSR count). The zero-order valence-corrected chi connectivity index (χ0v) is 13.6. The van der Waals surface area contributed by atoms with E-state index in [1.165, 1.54) is 18.2 Å². The molecular weight excluding hydrogens is 327 g/mol. The van der Waals surface area contributed by atoms with Gasteiger partial charge in [0, 0.05) is 17.4 Å². The van der Waals surface area contributed by atoms with E-state index in [9.17, 15) is 18.0 Å². The molecule has 1 heterocycles. The van der Waals surface area contributed by atoms with Gasteiger partial charge in [-0.1, -0.05) is 0 Å². The molecule has 128 valence electrons. The van der Waals surface area contributed by atoms with Crippen molar-refractivity contribution >= 4 is 16.7 Å². The van der Waals surface area contributed by atoms with E-state index < -0.39 is 11.6 Å². The highest BCUT2D eigenvalue weighted by atomic mass is 19.1. The second-order valence-electron chi connectivity index (χ2n) is 6.71. The van der Waals surface area contributed by atoms with Crippen LogP contribution in [-0.4, -0.2) is 10.8 Å². The van der Waals surface area contributed by atoms with E-state index in [4.69, 9.17) is 0 Å². The fraction of sp³-hybridized carbons (Fsp3) is 0.250. The number of aromatic nitrogens is 1. The zero-order chi connectivity index (χ0) is 17.7. The fourth-order valence-corrected chi connectivity index (χ4v) is 3.69. The molecule has 0 spiro atoms. The molecule has 0 aliphatic heterocycles. The van der Waals surface area contributed by atoms with Gasteiger partial charge in [0.1, 0.15) is 23.2 Å². The number of benzene rings is 2. The first-order valence-electron chi connectivity index (χ1n) is 8.21. The third kappa shape index (κ3) is 2.64. The van der Waals surface area contributed by atoms with Gasteiger partial charge in [0.2, 0.25) is 0 Å². The van der Waals surface area contributed by atoms with E-state index in [-0.39, 0.29) is 29.0 Å². The summed E-state index contributed by atoms with van der Waals surface area (Å²) >= 11 is 0. The Kier molecular flexibility index (Phi) is 3.67. The van der Waals surface area contributed by atoms with Crippen molar-refractivity contribution < 1.29 is 18.0 Å². The summed E-state index contributed by atoms with van der Waals surface area (Å²) in [5.41, 5.74) is 2.41. The maximum Gasteiger partial charge on any atom is 0.150 e. The average Bonchev–Trinajstić information content (AvgIpc) is 2.86. The predicted octanol–water partition coefficient (Wildman–Crippen LogP) is 5.33. The van der Waals surface area contributed by atoms with E-state index in [1.807, 2.05) is 0 Å². The molecule has 2 aromatic carbocycles. The number of fused-ring (bicyclic) bond motifs is 1. The van der Waals surface area contributed by atoms with Gasteiger partial charge >= 0.3 is 0 Å². The number of carbonyl (C=O) groups excluding carboxylic acids is 1. The molecule has 0 bridgehead atoms. The number of aromatic amines is 1. The Bertz CT molecular complexity index is 969. The number of Topliss-reactive ketones (excluding diaryl/α,β-unsaturated/α-hetero) is 1. The summed E-state index contributed by atoms with van der Waals surface area (Å²) in [6, 6.07) is 8.05. The Balaban J connectivity index is 1.89. The fourth-order valence-electron chi connectivity index (χ4n) is 3.69. The molecule has 0 amide bonds. The molecule has 3 aromatic rings. The van der Waals surface area contributed by atoms with Crippen molar-refractivity contribution in [2.24, 2.45) is 5.92 Å². The maximum absolute atomic E-state index is 14.2. The van der Waals surface area contributed by atoms with Crippen molar-refractivity contribution in [2.45, 2.75) is 25.7 Å². The molecule has 1 saturated carbocycles. The minimum absolute atomic E-state index is 0.00516. The van der Waals surface area contributed by atoms with Crippen LogP contribution in [0.25, 0.3) is 22.2 Å². The summed E-state index contributed by atoms with van der Waals surface area (Å²) < 4.78 is 41.2. The number of halogens is 3. The lowest BCUT2D eigenvalue weighted by Gasteiger charge is -2.34. The molecule has 1 fully saturated rings. The molecule has 0 atom stereocenters. The van der Waals surface area contributed by atoms with Crippen molar-refractivity contribution in [1.82, 2.24) is 4.98 Å². The Labute approximate surface area is 142 Å². The van der Waals surface area contributed by atoms with Crippen LogP contribution in [0.4, 0.5) is 13.2 Å². The third-order valence-electron chi connectivity index (χ3n) is 5.12. The first-order chi connectivity index (χ1) is 11.9. The molecule has 0 saturated heterocycles. The van der Waals surface area contributed by atoms with Gasteiger partial charge in [-0.05, 0) is 67.1 Å². The minimum atomic E-state index is -0.660. The first kappa shape index (κ1) is 15.9. The number of hydrogen-bond donors (Lipinski definition) is 1. The van der Waals surface area contributed by atoms with E-state index in [1.54, 1.807) is 19.1 Å². The molecule has 1 aliphatic carbocycles. The van der Waals surface area contributed by atoms with E-state index in [2.05, 4.69) is 4.98 Å². The molecule has 1 aromatic heterocycles. The monoisotopic (exact) mass is 343 g/mol. The lowest BCUT2D eigenvalue weighted by molar-refractivity contribution is -0.123. The van der Waals surface area contributed by atoms with Crippen LogP contribution in [0.3, 0.4) is 0 Å². The van der Waals surface area contributed by atoms with Gasteiger partial charge in [0.15, 0.2) is 0 Å². The van der Waals surface area contributed by atoms with Crippen molar-refractivity contribution in [2.75, 3.05) is 0 Å². The topological polar surface area (TPSA) is 32.9 Å².